The van der Waals surface area contributed by atoms with Crippen molar-refractivity contribution in [3.63, 3.8) is 0 Å². The number of pyridine rings is 1. The Morgan fingerprint density at radius 3 is 2.29 bits per heavy atom. The van der Waals surface area contributed by atoms with Crippen molar-refractivity contribution in [2.24, 2.45) is 0 Å². The van der Waals surface area contributed by atoms with E-state index in [9.17, 15) is 13.2 Å². The van der Waals surface area contributed by atoms with E-state index in [1.807, 2.05) is 37.3 Å². The number of carbonyl (C=O) groups is 1. The van der Waals surface area contributed by atoms with Crippen LogP contribution in [0.25, 0.3) is 22.3 Å². The number of hydrogen-bond donors (Lipinski definition) is 1. The summed E-state index contributed by atoms with van der Waals surface area (Å²) >= 11 is 0. The molecule has 192 valence electrons. The van der Waals surface area contributed by atoms with E-state index in [-0.39, 0.29) is 10.5 Å². The molecule has 2 heterocycles. The highest BCUT2D eigenvalue weighted by Crippen LogP contribution is 2.28. The molecular formula is C30H28N4O3S. The lowest BCUT2D eigenvalue weighted by molar-refractivity contribution is 0.0981. The molecule has 0 aliphatic rings. The highest BCUT2D eigenvalue weighted by Gasteiger charge is 2.22. The standard InChI is InChI=1S/C30H28N4O3S/c1-4-27-32-28-20(2)18-21(3)31-29(28)34(27)19-22-14-16-23(17-15-22)25-12-8-9-13-26(25)38(36,37)33-30(35)24-10-6-5-7-11-24/h5-18H,4,19H2,1-3H3,(H,33,35)/i30-1. The summed E-state index contributed by atoms with van der Waals surface area (Å²) in [5.41, 5.74) is 6.41. The number of nitrogens with one attached hydrogen (secondary N) is 1. The van der Waals surface area contributed by atoms with Crippen LogP contribution in [-0.2, 0) is 23.0 Å². The summed E-state index contributed by atoms with van der Waals surface area (Å²) in [4.78, 5) is 22.2. The van der Waals surface area contributed by atoms with Crippen molar-refractivity contribution < 1.29 is 13.2 Å². The molecule has 5 rings (SSSR count). The molecule has 1 N–H and O–H groups in total. The lowest BCUT2D eigenvalue weighted by Gasteiger charge is -2.13. The third kappa shape index (κ3) is 4.95. The first-order chi connectivity index (χ1) is 18.3. The smallest absolute Gasteiger partial charge is 0.264 e. The summed E-state index contributed by atoms with van der Waals surface area (Å²) in [7, 11) is -4.10. The van der Waals surface area contributed by atoms with Crippen molar-refractivity contribution in [2.45, 2.75) is 38.6 Å². The second-order valence-corrected chi connectivity index (χ2v) is 10.9. The molecular weight excluding hydrogens is 495 g/mol. The van der Waals surface area contributed by atoms with Gasteiger partial charge in [0.25, 0.3) is 15.9 Å². The molecule has 5 aromatic rings. The second kappa shape index (κ2) is 10.2. The Hall–Kier alpha value is -4.30. The van der Waals surface area contributed by atoms with E-state index < -0.39 is 15.9 Å². The number of amides is 1. The van der Waals surface area contributed by atoms with E-state index in [1.54, 1.807) is 48.5 Å². The van der Waals surface area contributed by atoms with Gasteiger partial charge in [-0.1, -0.05) is 67.6 Å². The van der Waals surface area contributed by atoms with Crippen LogP contribution in [0.4, 0.5) is 0 Å². The molecule has 0 aliphatic carbocycles. The highest BCUT2D eigenvalue weighted by atomic mass is 32.2. The lowest BCUT2D eigenvalue weighted by Crippen LogP contribution is -2.30. The number of fused-ring (bicyclic) bond motifs is 1. The fourth-order valence-electron chi connectivity index (χ4n) is 4.62. The molecule has 7 nitrogen and oxygen atoms in total. The number of aryl methyl sites for hydroxylation is 3. The Morgan fingerprint density at radius 2 is 1.58 bits per heavy atom. The van der Waals surface area contributed by atoms with Gasteiger partial charge in [0.1, 0.15) is 11.3 Å². The van der Waals surface area contributed by atoms with E-state index >= 15 is 0 Å². The van der Waals surface area contributed by atoms with Gasteiger partial charge in [0.05, 0.1) is 11.4 Å². The van der Waals surface area contributed by atoms with Crippen molar-refractivity contribution in [3.8, 4) is 11.1 Å². The number of imidazole rings is 1. The van der Waals surface area contributed by atoms with Gasteiger partial charge in [-0.05, 0) is 54.8 Å². The summed E-state index contributed by atoms with van der Waals surface area (Å²) in [6, 6.07) is 24.8. The monoisotopic (exact) mass is 523 g/mol. The van der Waals surface area contributed by atoms with Crippen molar-refractivity contribution in [3.05, 3.63) is 113 Å². The molecule has 0 unspecified atom stereocenters. The first-order valence-electron chi connectivity index (χ1n) is 12.4. The highest BCUT2D eigenvalue weighted by molar-refractivity contribution is 7.90. The summed E-state index contributed by atoms with van der Waals surface area (Å²) in [6.45, 7) is 6.72. The number of aromatic nitrogens is 3. The normalized spacial score (nSPS) is 11.6. The van der Waals surface area contributed by atoms with Gasteiger partial charge in [0, 0.05) is 23.2 Å². The zero-order valence-corrected chi connectivity index (χ0v) is 22.3. The van der Waals surface area contributed by atoms with Crippen LogP contribution in [-0.4, -0.2) is 28.9 Å². The maximum absolute atomic E-state index is 13.2. The minimum atomic E-state index is -4.10. The molecule has 38 heavy (non-hydrogen) atoms. The predicted molar refractivity (Wildman–Crippen MR) is 148 cm³/mol. The Morgan fingerprint density at radius 1 is 0.895 bits per heavy atom. The molecule has 0 fully saturated rings. The van der Waals surface area contributed by atoms with E-state index in [4.69, 9.17) is 9.97 Å². The van der Waals surface area contributed by atoms with Crippen LogP contribution in [0.1, 0.15) is 39.9 Å². The van der Waals surface area contributed by atoms with Crippen molar-refractivity contribution >= 4 is 27.1 Å². The van der Waals surface area contributed by atoms with Crippen molar-refractivity contribution in [2.75, 3.05) is 0 Å². The van der Waals surface area contributed by atoms with Gasteiger partial charge in [-0.25, -0.2) is 23.1 Å². The summed E-state index contributed by atoms with van der Waals surface area (Å²) in [5.74, 6) is 0.296. The molecule has 2 aromatic heterocycles. The van der Waals surface area contributed by atoms with Gasteiger partial charge >= 0.3 is 0 Å². The Balaban J connectivity index is 1.44. The van der Waals surface area contributed by atoms with Gasteiger partial charge in [0.15, 0.2) is 5.65 Å². The third-order valence-electron chi connectivity index (χ3n) is 6.46. The Labute approximate surface area is 222 Å². The maximum Gasteiger partial charge on any atom is 0.264 e. The van der Waals surface area contributed by atoms with Gasteiger partial charge < -0.3 is 4.57 Å². The molecule has 0 saturated carbocycles. The predicted octanol–water partition coefficient (Wildman–Crippen LogP) is 5.44. The minimum absolute atomic E-state index is 0.0426. The molecule has 0 atom stereocenters. The summed E-state index contributed by atoms with van der Waals surface area (Å²) < 4.78 is 30.7. The van der Waals surface area contributed by atoms with E-state index in [2.05, 4.69) is 23.1 Å². The molecule has 0 radical (unpaired) electrons. The van der Waals surface area contributed by atoms with Crippen LogP contribution in [0.15, 0.2) is 89.8 Å². The molecule has 0 bridgehead atoms. The number of benzene rings is 3. The summed E-state index contributed by atoms with van der Waals surface area (Å²) in [6.07, 6.45) is 0.785. The molecule has 0 spiro atoms. The van der Waals surface area contributed by atoms with Gasteiger partial charge in [-0.3, -0.25) is 4.79 Å². The van der Waals surface area contributed by atoms with E-state index in [0.29, 0.717) is 12.1 Å². The van der Waals surface area contributed by atoms with Crippen molar-refractivity contribution in [1.29, 1.82) is 0 Å². The maximum atomic E-state index is 13.2. The summed E-state index contributed by atoms with van der Waals surface area (Å²) in [5, 5.41) is 0. The largest absolute Gasteiger partial charge is 0.308 e. The molecule has 8 heteroatoms. The first-order valence-corrected chi connectivity index (χ1v) is 13.9. The zero-order chi connectivity index (χ0) is 26.9. The van der Waals surface area contributed by atoms with Gasteiger partial charge in [-0.15, -0.1) is 0 Å². The topological polar surface area (TPSA) is 93.9 Å². The fourth-order valence-corrected chi connectivity index (χ4v) is 5.83. The SMILES string of the molecule is CCc1nc2c(C)cc(C)nc2n1Cc1ccc(-c2ccccc2S(=O)(=O)N[11C](=O)c2ccccc2)cc1. The average molecular weight is 524 g/mol. The molecule has 3 aromatic carbocycles. The fraction of sp³-hybridized carbons (Fsp3) is 0.167. The second-order valence-electron chi connectivity index (χ2n) is 9.21. The Bertz CT molecular complexity index is 1740. The number of rotatable bonds is 7. The van der Waals surface area contributed by atoms with Gasteiger partial charge in [-0.2, -0.15) is 0 Å². The van der Waals surface area contributed by atoms with Crippen LogP contribution in [0.2, 0.25) is 0 Å². The van der Waals surface area contributed by atoms with Crippen LogP contribution in [0, 0.1) is 13.8 Å². The van der Waals surface area contributed by atoms with Crippen LogP contribution < -0.4 is 4.72 Å². The van der Waals surface area contributed by atoms with Crippen LogP contribution in [0.3, 0.4) is 0 Å². The van der Waals surface area contributed by atoms with Crippen LogP contribution >= 0.6 is 0 Å². The molecule has 0 aliphatic heterocycles. The number of hydrogen-bond acceptors (Lipinski definition) is 5. The third-order valence-corrected chi connectivity index (χ3v) is 7.85. The van der Waals surface area contributed by atoms with E-state index in [1.165, 1.54) is 6.07 Å². The number of sulfonamides is 1. The minimum Gasteiger partial charge on any atom is -0.308 e. The van der Waals surface area contributed by atoms with Crippen LogP contribution in [0.5, 0.6) is 0 Å². The quantitative estimate of drug-likeness (QED) is 0.306. The average Bonchev–Trinajstić information content (AvgIpc) is 3.27. The Kier molecular flexibility index (Phi) is 6.82. The molecule has 1 amide bonds. The number of carbonyl (C=O) groups excluding carboxylic acids is 1. The lowest BCUT2D eigenvalue weighted by atomic mass is 9.91. The number of nitrogens with zero attached hydrogens (tertiary/aromatic N) is 3. The first kappa shape index (κ1) is 25.4. The van der Waals surface area contributed by atoms with Crippen molar-refractivity contribution in [1.82, 2.24) is 19.3 Å². The zero-order valence-electron chi connectivity index (χ0n) is 21.5. The molecule has 0 saturated heterocycles. The van der Waals surface area contributed by atoms with E-state index in [0.717, 1.165) is 45.8 Å². The van der Waals surface area contributed by atoms with Gasteiger partial charge in [0.2, 0.25) is 0 Å².